The molecular weight excluding hydrogens is 442 g/mol. The number of carbonyl (C=O) groups excluding carboxylic acids is 2. The average molecular weight is 476 g/mol. The molecule has 0 atom stereocenters. The molecule has 0 aliphatic rings. The van der Waals surface area contributed by atoms with Gasteiger partial charge in [0.25, 0.3) is 5.91 Å². The van der Waals surface area contributed by atoms with Crippen LogP contribution in [0.4, 0.5) is 5.69 Å². The number of amides is 1. The third-order valence-electron chi connectivity index (χ3n) is 4.21. The minimum atomic E-state index is -0.308. The summed E-state index contributed by atoms with van der Waals surface area (Å²) in [6.07, 6.45) is 11.7. The monoisotopic (exact) mass is 475 g/mol. The van der Waals surface area contributed by atoms with E-state index in [2.05, 4.69) is 39.0 Å². The van der Waals surface area contributed by atoms with Crippen molar-refractivity contribution in [2.75, 3.05) is 19.1 Å². The predicted octanol–water partition coefficient (Wildman–Crippen LogP) is 5.00. The molecule has 0 saturated carbocycles. The lowest BCUT2D eigenvalue weighted by Crippen LogP contribution is -2.17. The predicted molar refractivity (Wildman–Crippen MR) is 143 cm³/mol. The SMILES string of the molecule is C=CC(=O)/C(CC(=C)/C=C\C=C\c1ncc(OCC)cn1)=N\Nc1ccc(C(=O)NC)cc1.CC. The van der Waals surface area contributed by atoms with E-state index < -0.39 is 0 Å². The standard InChI is InChI=1S/C25H27N5O3.C2H6/c1-5-23(31)22(30-29-20-13-11-19(12-14-20)25(32)26-4)15-18(3)9-7-8-10-24-27-16-21(17-28-24)33-6-2;1-2/h5,7-14,16-17,29H,1,3,6,15H2,2,4H3,(H,26,32);1-2H3/b9-7-,10-8+,30-22-;. The van der Waals surface area contributed by atoms with E-state index in [0.717, 1.165) is 0 Å². The Labute approximate surface area is 207 Å². The Morgan fingerprint density at radius 1 is 1.11 bits per heavy atom. The highest BCUT2D eigenvalue weighted by Crippen LogP contribution is 2.11. The highest BCUT2D eigenvalue weighted by Gasteiger charge is 2.09. The maximum atomic E-state index is 12.2. The number of hydrazone groups is 1. The lowest BCUT2D eigenvalue weighted by molar-refractivity contribution is -0.109. The van der Waals surface area contributed by atoms with E-state index in [-0.39, 0.29) is 23.8 Å². The molecule has 1 aromatic heterocycles. The largest absolute Gasteiger partial charge is 0.491 e. The molecule has 8 nitrogen and oxygen atoms in total. The van der Waals surface area contributed by atoms with Crippen molar-refractivity contribution in [3.05, 3.63) is 91.1 Å². The minimum Gasteiger partial charge on any atom is -0.491 e. The molecule has 35 heavy (non-hydrogen) atoms. The van der Waals surface area contributed by atoms with Gasteiger partial charge >= 0.3 is 0 Å². The summed E-state index contributed by atoms with van der Waals surface area (Å²) in [5.74, 6) is 0.675. The van der Waals surface area contributed by atoms with Crippen LogP contribution < -0.4 is 15.5 Å². The highest BCUT2D eigenvalue weighted by molar-refractivity contribution is 6.44. The zero-order valence-corrected chi connectivity index (χ0v) is 20.7. The number of hydrogen-bond donors (Lipinski definition) is 2. The zero-order valence-electron chi connectivity index (χ0n) is 20.7. The molecular formula is C27H33N5O3. The topological polar surface area (TPSA) is 106 Å². The van der Waals surface area contributed by atoms with E-state index in [0.29, 0.717) is 35.0 Å². The number of carbonyl (C=O) groups is 2. The van der Waals surface area contributed by atoms with Crippen LogP contribution in [0, 0.1) is 0 Å². The van der Waals surface area contributed by atoms with Crippen molar-refractivity contribution >= 4 is 29.2 Å². The second kappa shape index (κ2) is 16.3. The van der Waals surface area contributed by atoms with Gasteiger partial charge in [-0.3, -0.25) is 15.0 Å². The molecule has 0 bridgehead atoms. The van der Waals surface area contributed by atoms with Gasteiger partial charge in [0.15, 0.2) is 11.6 Å². The summed E-state index contributed by atoms with van der Waals surface area (Å²) >= 11 is 0. The molecule has 0 fully saturated rings. The summed E-state index contributed by atoms with van der Waals surface area (Å²) in [5, 5.41) is 6.76. The van der Waals surface area contributed by atoms with Crippen molar-refractivity contribution in [2.45, 2.75) is 27.2 Å². The number of nitrogens with one attached hydrogen (secondary N) is 2. The molecule has 0 unspecified atom stereocenters. The molecule has 2 rings (SSSR count). The van der Waals surface area contributed by atoms with Gasteiger partial charge in [0.05, 0.1) is 24.7 Å². The summed E-state index contributed by atoms with van der Waals surface area (Å²) in [6.45, 7) is 14.0. The number of anilines is 1. The Hall–Kier alpha value is -4.33. The first kappa shape index (κ1) is 28.7. The van der Waals surface area contributed by atoms with Gasteiger partial charge in [0.2, 0.25) is 5.78 Å². The van der Waals surface area contributed by atoms with Crippen molar-refractivity contribution in [3.8, 4) is 5.75 Å². The van der Waals surface area contributed by atoms with Gasteiger partial charge in [-0.05, 0) is 48.9 Å². The molecule has 0 saturated heterocycles. The van der Waals surface area contributed by atoms with E-state index >= 15 is 0 Å². The van der Waals surface area contributed by atoms with Crippen LogP contribution >= 0.6 is 0 Å². The Bertz CT molecular complexity index is 1070. The highest BCUT2D eigenvalue weighted by atomic mass is 16.5. The van der Waals surface area contributed by atoms with Gasteiger partial charge in [-0.25, -0.2) is 9.97 Å². The van der Waals surface area contributed by atoms with Crippen LogP contribution in [0.3, 0.4) is 0 Å². The van der Waals surface area contributed by atoms with Crippen molar-refractivity contribution < 1.29 is 14.3 Å². The number of nitrogens with zero attached hydrogens (tertiary/aromatic N) is 3. The van der Waals surface area contributed by atoms with Gasteiger partial charge in [-0.2, -0.15) is 5.10 Å². The van der Waals surface area contributed by atoms with Crippen LogP contribution in [0.1, 0.15) is 43.4 Å². The van der Waals surface area contributed by atoms with Crippen molar-refractivity contribution in [3.63, 3.8) is 0 Å². The summed E-state index contributed by atoms with van der Waals surface area (Å²) in [4.78, 5) is 32.2. The van der Waals surface area contributed by atoms with Gasteiger partial charge in [0.1, 0.15) is 5.71 Å². The fraction of sp³-hybridized carbons (Fsp3) is 0.222. The normalized spacial score (nSPS) is 10.9. The van der Waals surface area contributed by atoms with Crippen LogP contribution in [-0.4, -0.2) is 41.0 Å². The van der Waals surface area contributed by atoms with Crippen LogP contribution in [0.25, 0.3) is 6.08 Å². The molecule has 2 aromatic rings. The first-order chi connectivity index (χ1) is 17.0. The molecule has 0 spiro atoms. The summed E-state index contributed by atoms with van der Waals surface area (Å²) < 4.78 is 5.31. The van der Waals surface area contributed by atoms with Gasteiger partial charge in [-0.15, -0.1) is 0 Å². The number of ether oxygens (including phenoxy) is 1. The van der Waals surface area contributed by atoms with Crippen LogP contribution in [-0.2, 0) is 4.79 Å². The third kappa shape index (κ3) is 10.4. The maximum Gasteiger partial charge on any atom is 0.251 e. The summed E-state index contributed by atoms with van der Waals surface area (Å²) in [7, 11) is 1.57. The molecule has 2 N–H and O–H groups in total. The lowest BCUT2D eigenvalue weighted by Gasteiger charge is -2.06. The van der Waals surface area contributed by atoms with Crippen LogP contribution in [0.2, 0.25) is 0 Å². The molecule has 1 amide bonds. The molecule has 1 heterocycles. The fourth-order valence-corrected chi connectivity index (χ4v) is 2.53. The second-order valence-electron chi connectivity index (χ2n) is 6.66. The van der Waals surface area contributed by atoms with Gasteiger partial charge < -0.3 is 10.1 Å². The number of rotatable bonds is 12. The number of allylic oxidation sites excluding steroid dienone is 5. The van der Waals surface area contributed by atoms with E-state index in [9.17, 15) is 9.59 Å². The summed E-state index contributed by atoms with van der Waals surface area (Å²) in [6, 6.07) is 6.72. The first-order valence-electron chi connectivity index (χ1n) is 11.3. The first-order valence-corrected chi connectivity index (χ1v) is 11.3. The third-order valence-corrected chi connectivity index (χ3v) is 4.21. The number of benzene rings is 1. The average Bonchev–Trinajstić information content (AvgIpc) is 2.90. The molecule has 0 aliphatic carbocycles. The second-order valence-corrected chi connectivity index (χ2v) is 6.66. The van der Waals surface area contributed by atoms with E-state index in [1.54, 1.807) is 68.0 Å². The molecule has 184 valence electrons. The number of aromatic nitrogens is 2. The van der Waals surface area contributed by atoms with Crippen molar-refractivity contribution in [2.24, 2.45) is 5.10 Å². The van der Waals surface area contributed by atoms with E-state index in [1.807, 2.05) is 20.8 Å². The Balaban J connectivity index is 0.00000298. The molecule has 8 heteroatoms. The van der Waals surface area contributed by atoms with E-state index in [4.69, 9.17) is 4.74 Å². The van der Waals surface area contributed by atoms with Gasteiger partial charge in [0, 0.05) is 19.0 Å². The van der Waals surface area contributed by atoms with Gasteiger partial charge in [-0.1, -0.05) is 45.2 Å². The summed E-state index contributed by atoms with van der Waals surface area (Å²) in [5.41, 5.74) is 4.93. The quantitative estimate of drug-likeness (QED) is 0.194. The molecule has 0 radical (unpaired) electrons. The van der Waals surface area contributed by atoms with Crippen molar-refractivity contribution in [1.29, 1.82) is 0 Å². The molecule has 1 aromatic carbocycles. The Kier molecular flexibility index (Phi) is 13.4. The van der Waals surface area contributed by atoms with Crippen LogP contribution in [0.15, 0.2) is 84.8 Å². The van der Waals surface area contributed by atoms with Crippen LogP contribution in [0.5, 0.6) is 5.75 Å². The maximum absolute atomic E-state index is 12.2. The smallest absolute Gasteiger partial charge is 0.251 e. The fourth-order valence-electron chi connectivity index (χ4n) is 2.53. The minimum absolute atomic E-state index is 0.182. The van der Waals surface area contributed by atoms with Crippen molar-refractivity contribution in [1.82, 2.24) is 15.3 Å². The zero-order chi connectivity index (χ0) is 26.1. The number of ketones is 1. The number of hydrogen-bond acceptors (Lipinski definition) is 7. The Morgan fingerprint density at radius 3 is 2.34 bits per heavy atom. The molecule has 0 aliphatic heterocycles. The Morgan fingerprint density at radius 2 is 1.77 bits per heavy atom. The lowest BCUT2D eigenvalue weighted by atomic mass is 10.1. The van der Waals surface area contributed by atoms with E-state index in [1.165, 1.54) is 6.08 Å².